The first kappa shape index (κ1) is 15.3. The largest absolute Gasteiger partial charge is 0.497 e. The summed E-state index contributed by atoms with van der Waals surface area (Å²) < 4.78 is 14.9. The molecule has 0 saturated carbocycles. The fraction of sp³-hybridized carbons (Fsp3) is 0.188. The van der Waals surface area contributed by atoms with Crippen molar-refractivity contribution in [2.75, 3.05) is 7.11 Å². The van der Waals surface area contributed by atoms with Gasteiger partial charge in [0.1, 0.15) is 35.5 Å². The lowest BCUT2D eigenvalue weighted by Gasteiger charge is -2.02. The van der Waals surface area contributed by atoms with E-state index in [4.69, 9.17) is 19.3 Å². The van der Waals surface area contributed by atoms with Gasteiger partial charge in [-0.3, -0.25) is 0 Å². The van der Waals surface area contributed by atoms with E-state index >= 15 is 0 Å². The highest BCUT2D eigenvalue weighted by molar-refractivity contribution is 5.97. The number of methoxy groups -OCH3 is 1. The van der Waals surface area contributed by atoms with Crippen LogP contribution in [0.4, 0.5) is 0 Å². The van der Waals surface area contributed by atoms with Gasteiger partial charge in [0.25, 0.3) is 0 Å². The zero-order chi connectivity index (χ0) is 15.9. The molecule has 0 aliphatic heterocycles. The lowest BCUT2D eigenvalue weighted by molar-refractivity contribution is -0.139. The van der Waals surface area contributed by atoms with E-state index in [1.54, 1.807) is 44.4 Å². The number of aromatic nitrogens is 1. The van der Waals surface area contributed by atoms with Crippen molar-refractivity contribution in [2.24, 2.45) is 0 Å². The predicted octanol–water partition coefficient (Wildman–Crippen LogP) is 2.64. The number of nitrogens with zero attached hydrogens (tertiary/aromatic N) is 2. The number of hydrogen-bond donors (Lipinski definition) is 0. The molecule has 1 aromatic heterocycles. The predicted molar refractivity (Wildman–Crippen MR) is 77.6 cm³/mol. The Hall–Kier alpha value is -3.07. The van der Waals surface area contributed by atoms with Crippen LogP contribution in [0.5, 0.6) is 5.75 Å². The molecule has 0 amide bonds. The van der Waals surface area contributed by atoms with Crippen LogP contribution in [0.2, 0.25) is 0 Å². The first-order valence-corrected chi connectivity index (χ1v) is 6.47. The summed E-state index contributed by atoms with van der Waals surface area (Å²) >= 11 is 0. The Morgan fingerprint density at radius 1 is 1.41 bits per heavy atom. The van der Waals surface area contributed by atoms with Crippen LogP contribution in [-0.2, 0) is 16.1 Å². The highest BCUT2D eigenvalue weighted by Crippen LogP contribution is 2.14. The maximum absolute atomic E-state index is 11.9. The first-order valence-electron chi connectivity index (χ1n) is 6.47. The van der Waals surface area contributed by atoms with Gasteiger partial charge in [-0.05, 0) is 30.7 Å². The van der Waals surface area contributed by atoms with Gasteiger partial charge in [-0.25, -0.2) is 4.79 Å². The van der Waals surface area contributed by atoms with Gasteiger partial charge in [-0.1, -0.05) is 17.3 Å². The molecular weight excluding hydrogens is 284 g/mol. The quantitative estimate of drug-likeness (QED) is 0.479. The van der Waals surface area contributed by atoms with E-state index in [9.17, 15) is 4.79 Å². The molecule has 2 aromatic rings. The molecule has 6 nitrogen and oxygen atoms in total. The minimum atomic E-state index is -0.709. The van der Waals surface area contributed by atoms with Gasteiger partial charge < -0.3 is 14.0 Å². The second kappa shape index (κ2) is 7.09. The third kappa shape index (κ3) is 3.96. The molecule has 1 aromatic carbocycles. The maximum Gasteiger partial charge on any atom is 0.349 e. The minimum absolute atomic E-state index is 0.0438. The summed E-state index contributed by atoms with van der Waals surface area (Å²) in [4.78, 5) is 11.9. The Morgan fingerprint density at radius 3 is 2.68 bits per heavy atom. The van der Waals surface area contributed by atoms with Crippen molar-refractivity contribution in [3.63, 3.8) is 0 Å². The molecule has 2 rings (SSSR count). The van der Waals surface area contributed by atoms with Crippen molar-refractivity contribution in [2.45, 2.75) is 13.5 Å². The van der Waals surface area contributed by atoms with Crippen molar-refractivity contribution in [3.05, 3.63) is 52.9 Å². The number of esters is 1. The molecule has 0 saturated heterocycles. The van der Waals surface area contributed by atoms with Crippen molar-refractivity contribution in [1.82, 2.24) is 5.16 Å². The lowest BCUT2D eigenvalue weighted by Crippen LogP contribution is -2.07. The summed E-state index contributed by atoms with van der Waals surface area (Å²) in [5.74, 6) is 0.610. The van der Waals surface area contributed by atoms with E-state index in [1.807, 2.05) is 6.07 Å². The van der Waals surface area contributed by atoms with Crippen LogP contribution < -0.4 is 4.74 Å². The number of nitriles is 1. The summed E-state index contributed by atoms with van der Waals surface area (Å²) in [6.07, 6.45) is 1.45. The molecule has 0 aliphatic rings. The SMILES string of the molecule is COc1ccc(/C=C(\C#N)C(=O)OCc2cc(C)on2)cc1. The molecule has 0 radical (unpaired) electrons. The maximum atomic E-state index is 11.9. The smallest absolute Gasteiger partial charge is 0.349 e. The monoisotopic (exact) mass is 298 g/mol. The molecule has 0 aliphatic carbocycles. The van der Waals surface area contributed by atoms with E-state index in [0.29, 0.717) is 22.8 Å². The Kier molecular flexibility index (Phi) is 4.94. The third-order valence-electron chi connectivity index (χ3n) is 2.80. The molecule has 0 atom stereocenters. The van der Waals surface area contributed by atoms with Crippen LogP contribution in [0.15, 0.2) is 40.4 Å². The highest BCUT2D eigenvalue weighted by Gasteiger charge is 2.12. The van der Waals surface area contributed by atoms with Crippen LogP contribution in [0.1, 0.15) is 17.0 Å². The van der Waals surface area contributed by atoms with Gasteiger partial charge in [-0.15, -0.1) is 0 Å². The number of carbonyl (C=O) groups excluding carboxylic acids is 1. The van der Waals surface area contributed by atoms with E-state index in [2.05, 4.69) is 5.16 Å². The van der Waals surface area contributed by atoms with Crippen LogP contribution in [0.25, 0.3) is 6.08 Å². The number of aryl methyl sites for hydroxylation is 1. The first-order chi connectivity index (χ1) is 10.6. The van der Waals surface area contributed by atoms with Gasteiger partial charge in [0.05, 0.1) is 7.11 Å². The second-order valence-corrected chi connectivity index (χ2v) is 4.45. The van der Waals surface area contributed by atoms with Crippen LogP contribution in [0.3, 0.4) is 0 Å². The Morgan fingerprint density at radius 2 is 2.14 bits per heavy atom. The number of ether oxygens (including phenoxy) is 2. The minimum Gasteiger partial charge on any atom is -0.497 e. The molecule has 112 valence electrons. The summed E-state index contributed by atoms with van der Waals surface area (Å²) in [6, 6.07) is 10.5. The normalized spacial score (nSPS) is 10.9. The van der Waals surface area contributed by atoms with Crippen LogP contribution >= 0.6 is 0 Å². The molecule has 0 spiro atoms. The van der Waals surface area contributed by atoms with E-state index in [1.165, 1.54) is 6.08 Å². The summed E-state index contributed by atoms with van der Waals surface area (Å²) in [7, 11) is 1.56. The number of carbonyl (C=O) groups is 1. The van der Waals surface area contributed by atoms with Gasteiger partial charge in [0.15, 0.2) is 0 Å². The van der Waals surface area contributed by atoms with Crippen molar-refractivity contribution < 1.29 is 18.8 Å². The zero-order valence-corrected chi connectivity index (χ0v) is 12.2. The zero-order valence-electron chi connectivity index (χ0n) is 12.2. The molecule has 0 unspecified atom stereocenters. The standard InChI is InChI=1S/C16H14N2O4/c1-11-7-14(18-22-11)10-21-16(19)13(9-17)8-12-3-5-15(20-2)6-4-12/h3-8H,10H2,1-2H3/b13-8+. The Bertz CT molecular complexity index is 723. The topological polar surface area (TPSA) is 85.3 Å². The molecule has 0 N–H and O–H groups in total. The van der Waals surface area contributed by atoms with Crippen LogP contribution in [0, 0.1) is 18.3 Å². The van der Waals surface area contributed by atoms with E-state index < -0.39 is 5.97 Å². The molecule has 0 bridgehead atoms. The number of benzene rings is 1. The Balaban J connectivity index is 2.04. The summed E-state index contributed by atoms with van der Waals surface area (Å²) in [5, 5.41) is 12.8. The summed E-state index contributed by atoms with van der Waals surface area (Å²) in [5.41, 5.74) is 1.10. The summed E-state index contributed by atoms with van der Waals surface area (Å²) in [6.45, 7) is 1.69. The van der Waals surface area contributed by atoms with Gasteiger partial charge >= 0.3 is 5.97 Å². The second-order valence-electron chi connectivity index (χ2n) is 4.45. The average Bonchev–Trinajstić information content (AvgIpc) is 2.96. The molecule has 0 fully saturated rings. The number of rotatable bonds is 5. The van der Waals surface area contributed by atoms with E-state index in [0.717, 1.165) is 0 Å². The van der Waals surface area contributed by atoms with Gasteiger partial charge in [0, 0.05) is 6.07 Å². The van der Waals surface area contributed by atoms with Crippen LogP contribution in [-0.4, -0.2) is 18.2 Å². The third-order valence-corrected chi connectivity index (χ3v) is 2.80. The molecule has 1 heterocycles. The highest BCUT2D eigenvalue weighted by atomic mass is 16.5. The van der Waals surface area contributed by atoms with Crippen molar-refractivity contribution >= 4 is 12.0 Å². The van der Waals surface area contributed by atoms with Gasteiger partial charge in [-0.2, -0.15) is 5.26 Å². The average molecular weight is 298 g/mol. The fourth-order valence-corrected chi connectivity index (χ4v) is 1.71. The molecule has 22 heavy (non-hydrogen) atoms. The van der Waals surface area contributed by atoms with Crippen molar-refractivity contribution in [1.29, 1.82) is 5.26 Å². The van der Waals surface area contributed by atoms with Crippen molar-refractivity contribution in [3.8, 4) is 11.8 Å². The fourth-order valence-electron chi connectivity index (χ4n) is 1.71. The molecule has 6 heteroatoms. The Labute approximate surface area is 127 Å². The van der Waals surface area contributed by atoms with Gasteiger partial charge in [0.2, 0.25) is 0 Å². The van der Waals surface area contributed by atoms with E-state index in [-0.39, 0.29) is 12.2 Å². The number of hydrogen-bond acceptors (Lipinski definition) is 6. The molecular formula is C16H14N2O4. The lowest BCUT2D eigenvalue weighted by atomic mass is 10.1.